The van der Waals surface area contributed by atoms with Gasteiger partial charge in [-0.1, -0.05) is 12.8 Å². The number of hydrogen-bond donors (Lipinski definition) is 2. The fraction of sp³-hybridized carbons (Fsp3) is 0.550. The predicted octanol–water partition coefficient (Wildman–Crippen LogP) is 4.01. The topological polar surface area (TPSA) is 57.4 Å². The largest absolute Gasteiger partial charge is 0.497 e. The number of piperidine rings is 1. The molecule has 2 aromatic rings. The molecule has 1 saturated carbocycles. The Morgan fingerprint density at radius 1 is 1.24 bits per heavy atom. The first-order chi connectivity index (χ1) is 12.2. The number of hydrogen-bond acceptors (Lipinski definition) is 2. The van der Waals surface area contributed by atoms with Gasteiger partial charge in [-0.05, 0) is 49.4 Å². The van der Waals surface area contributed by atoms with E-state index in [1.165, 1.54) is 23.8 Å². The van der Waals surface area contributed by atoms with Crippen LogP contribution in [0, 0.1) is 0 Å². The van der Waals surface area contributed by atoms with E-state index in [0.717, 1.165) is 50.0 Å². The fourth-order valence-electron chi connectivity index (χ4n) is 4.34. The number of H-pyrrole nitrogens is 1. The zero-order chi connectivity index (χ0) is 17.2. The van der Waals surface area contributed by atoms with E-state index in [9.17, 15) is 4.79 Å². The van der Waals surface area contributed by atoms with Gasteiger partial charge in [0.1, 0.15) is 5.75 Å². The number of carbonyl (C=O) groups excluding carboxylic acids is 1. The number of aromatic amines is 1. The van der Waals surface area contributed by atoms with E-state index in [1.807, 2.05) is 11.0 Å². The summed E-state index contributed by atoms with van der Waals surface area (Å²) in [5.74, 6) is 1.25. The molecule has 0 bridgehead atoms. The molecule has 0 radical (unpaired) electrons. The van der Waals surface area contributed by atoms with Gasteiger partial charge in [0.25, 0.3) is 0 Å². The molecule has 2 heterocycles. The second-order valence-electron chi connectivity index (χ2n) is 7.37. The molecule has 0 spiro atoms. The van der Waals surface area contributed by atoms with E-state index < -0.39 is 0 Å². The fourth-order valence-corrected chi connectivity index (χ4v) is 4.34. The van der Waals surface area contributed by atoms with Gasteiger partial charge in [0.15, 0.2) is 0 Å². The smallest absolute Gasteiger partial charge is 0.317 e. The minimum atomic E-state index is 0.119. The number of amides is 2. The quantitative estimate of drug-likeness (QED) is 0.886. The molecule has 1 saturated heterocycles. The van der Waals surface area contributed by atoms with Crippen molar-refractivity contribution >= 4 is 16.9 Å². The summed E-state index contributed by atoms with van der Waals surface area (Å²) < 4.78 is 5.38. The van der Waals surface area contributed by atoms with Crippen LogP contribution in [-0.4, -0.2) is 42.2 Å². The number of fused-ring (bicyclic) bond motifs is 1. The lowest BCUT2D eigenvalue weighted by Crippen LogP contribution is -2.47. The van der Waals surface area contributed by atoms with Crippen molar-refractivity contribution in [3.63, 3.8) is 0 Å². The standard InChI is InChI=1S/C20H27N3O2/c1-25-16-8-9-19-17(11-16)18(12-21-19)14-5-4-10-23(13-14)20(24)22-15-6-2-3-7-15/h8-9,11-12,14-15,21H,2-7,10,13H2,1H3,(H,22,24)/t14-/m0/s1. The molecule has 4 rings (SSSR count). The molecule has 2 aliphatic rings. The Kier molecular flexibility index (Phi) is 4.55. The van der Waals surface area contributed by atoms with E-state index in [2.05, 4.69) is 28.6 Å². The second kappa shape index (κ2) is 6.98. The third-order valence-electron chi connectivity index (χ3n) is 5.75. The minimum absolute atomic E-state index is 0.119. The molecule has 25 heavy (non-hydrogen) atoms. The monoisotopic (exact) mass is 341 g/mol. The van der Waals surface area contributed by atoms with E-state index in [-0.39, 0.29) is 6.03 Å². The van der Waals surface area contributed by atoms with Crippen LogP contribution < -0.4 is 10.1 Å². The van der Waals surface area contributed by atoms with Gasteiger partial charge in [0, 0.05) is 42.1 Å². The summed E-state index contributed by atoms with van der Waals surface area (Å²) in [4.78, 5) is 18.0. The minimum Gasteiger partial charge on any atom is -0.497 e. The molecule has 0 unspecified atom stereocenters. The Morgan fingerprint density at radius 3 is 2.88 bits per heavy atom. The van der Waals surface area contributed by atoms with Gasteiger partial charge in [-0.2, -0.15) is 0 Å². The zero-order valence-corrected chi connectivity index (χ0v) is 14.9. The Morgan fingerprint density at radius 2 is 2.08 bits per heavy atom. The van der Waals surface area contributed by atoms with Crippen LogP contribution >= 0.6 is 0 Å². The Bertz CT molecular complexity index is 748. The molecule has 2 N–H and O–H groups in total. The molecular formula is C20H27N3O2. The van der Waals surface area contributed by atoms with Gasteiger partial charge in [0.2, 0.25) is 0 Å². The Labute approximate surface area is 148 Å². The van der Waals surface area contributed by atoms with Gasteiger partial charge in [-0.15, -0.1) is 0 Å². The normalized spacial score (nSPS) is 21.6. The predicted molar refractivity (Wildman–Crippen MR) is 99.2 cm³/mol. The van der Waals surface area contributed by atoms with Crippen LogP contribution in [-0.2, 0) is 0 Å². The van der Waals surface area contributed by atoms with Gasteiger partial charge in [-0.25, -0.2) is 4.79 Å². The maximum Gasteiger partial charge on any atom is 0.317 e. The molecule has 1 aromatic heterocycles. The summed E-state index contributed by atoms with van der Waals surface area (Å²) in [7, 11) is 1.70. The highest BCUT2D eigenvalue weighted by molar-refractivity contribution is 5.85. The number of methoxy groups -OCH3 is 1. The number of benzene rings is 1. The summed E-state index contributed by atoms with van der Waals surface area (Å²) in [5.41, 5.74) is 2.43. The molecule has 1 atom stereocenters. The number of aromatic nitrogens is 1. The number of nitrogens with one attached hydrogen (secondary N) is 2. The van der Waals surface area contributed by atoms with Crippen LogP contribution in [0.3, 0.4) is 0 Å². The summed E-state index contributed by atoms with van der Waals surface area (Å²) in [6.45, 7) is 1.66. The van der Waals surface area contributed by atoms with Gasteiger partial charge >= 0.3 is 6.03 Å². The van der Waals surface area contributed by atoms with Crippen molar-refractivity contribution in [1.29, 1.82) is 0 Å². The highest BCUT2D eigenvalue weighted by Crippen LogP contribution is 2.34. The molecule has 5 heteroatoms. The van der Waals surface area contributed by atoms with E-state index >= 15 is 0 Å². The number of ether oxygens (including phenoxy) is 1. The highest BCUT2D eigenvalue weighted by Gasteiger charge is 2.28. The lowest BCUT2D eigenvalue weighted by atomic mass is 9.90. The highest BCUT2D eigenvalue weighted by atomic mass is 16.5. The van der Waals surface area contributed by atoms with E-state index in [4.69, 9.17) is 4.74 Å². The number of carbonyl (C=O) groups is 1. The summed E-state index contributed by atoms with van der Waals surface area (Å²) in [6, 6.07) is 6.63. The maximum atomic E-state index is 12.6. The van der Waals surface area contributed by atoms with Crippen molar-refractivity contribution in [1.82, 2.24) is 15.2 Å². The molecule has 1 aromatic carbocycles. The first kappa shape index (κ1) is 16.3. The number of likely N-dealkylation sites (tertiary alicyclic amines) is 1. The van der Waals surface area contributed by atoms with Crippen molar-refractivity contribution in [2.24, 2.45) is 0 Å². The summed E-state index contributed by atoms with van der Waals surface area (Å²) >= 11 is 0. The van der Waals surface area contributed by atoms with Crippen LogP contribution in [0.5, 0.6) is 5.75 Å². The number of urea groups is 1. The molecular weight excluding hydrogens is 314 g/mol. The second-order valence-corrected chi connectivity index (χ2v) is 7.37. The Hall–Kier alpha value is -2.17. The average molecular weight is 341 g/mol. The Balaban J connectivity index is 1.50. The van der Waals surface area contributed by atoms with Crippen molar-refractivity contribution in [2.45, 2.75) is 50.5 Å². The molecule has 2 fully saturated rings. The first-order valence-electron chi connectivity index (χ1n) is 9.45. The van der Waals surface area contributed by atoms with Crippen LogP contribution in [0.1, 0.15) is 50.0 Å². The van der Waals surface area contributed by atoms with Gasteiger partial charge < -0.3 is 19.9 Å². The van der Waals surface area contributed by atoms with Crippen LogP contribution in [0.2, 0.25) is 0 Å². The zero-order valence-electron chi connectivity index (χ0n) is 14.9. The number of nitrogens with zero attached hydrogens (tertiary/aromatic N) is 1. The van der Waals surface area contributed by atoms with Crippen LogP contribution in [0.25, 0.3) is 10.9 Å². The summed E-state index contributed by atoms with van der Waals surface area (Å²) in [5, 5.41) is 4.44. The van der Waals surface area contributed by atoms with Gasteiger partial charge in [0.05, 0.1) is 7.11 Å². The lowest BCUT2D eigenvalue weighted by Gasteiger charge is -2.33. The van der Waals surface area contributed by atoms with Crippen molar-refractivity contribution < 1.29 is 9.53 Å². The molecule has 1 aliphatic heterocycles. The average Bonchev–Trinajstić information content (AvgIpc) is 3.30. The molecule has 5 nitrogen and oxygen atoms in total. The lowest BCUT2D eigenvalue weighted by molar-refractivity contribution is 0.176. The molecule has 2 amide bonds. The molecule has 1 aliphatic carbocycles. The third kappa shape index (κ3) is 3.32. The maximum absolute atomic E-state index is 12.6. The third-order valence-corrected chi connectivity index (χ3v) is 5.75. The summed E-state index contributed by atoms with van der Waals surface area (Å²) in [6.07, 6.45) is 9.02. The van der Waals surface area contributed by atoms with Crippen molar-refractivity contribution in [3.05, 3.63) is 30.0 Å². The van der Waals surface area contributed by atoms with Crippen molar-refractivity contribution in [3.8, 4) is 5.75 Å². The molecule has 134 valence electrons. The van der Waals surface area contributed by atoms with Crippen LogP contribution in [0.15, 0.2) is 24.4 Å². The number of rotatable bonds is 3. The van der Waals surface area contributed by atoms with E-state index in [1.54, 1.807) is 7.11 Å². The SMILES string of the molecule is COc1ccc2[nH]cc([C@H]3CCCN(C(=O)NC4CCCC4)C3)c2c1. The van der Waals surface area contributed by atoms with Crippen molar-refractivity contribution in [2.75, 3.05) is 20.2 Å². The van der Waals surface area contributed by atoms with E-state index in [0.29, 0.717) is 12.0 Å². The van der Waals surface area contributed by atoms with Crippen LogP contribution in [0.4, 0.5) is 4.79 Å². The van der Waals surface area contributed by atoms with Gasteiger partial charge in [-0.3, -0.25) is 0 Å². The first-order valence-corrected chi connectivity index (χ1v) is 9.45.